The van der Waals surface area contributed by atoms with Crippen LogP contribution in [0.5, 0.6) is 0 Å². The van der Waals surface area contributed by atoms with Gasteiger partial charge in [-0.25, -0.2) is 0 Å². The van der Waals surface area contributed by atoms with E-state index in [1.165, 1.54) is 6.92 Å². The molecule has 13 heavy (non-hydrogen) atoms. The minimum absolute atomic E-state index is 0. The number of hydrogen-bond acceptors (Lipinski definition) is 2. The van der Waals surface area contributed by atoms with E-state index in [1.54, 1.807) is 30.3 Å². The van der Waals surface area contributed by atoms with Gasteiger partial charge >= 0.3 is 51.4 Å². The summed E-state index contributed by atoms with van der Waals surface area (Å²) in [5.74, 6) is 0. The molecule has 1 aromatic rings. The molecule has 3 nitrogen and oxygen atoms in total. The first-order chi connectivity index (χ1) is 5.52. The van der Waals surface area contributed by atoms with Crippen molar-refractivity contribution in [3.05, 3.63) is 35.9 Å². The van der Waals surface area contributed by atoms with Crippen LogP contribution in [0.2, 0.25) is 0 Å². The molecule has 0 saturated carbocycles. The van der Waals surface area contributed by atoms with Crippen molar-refractivity contribution in [3.63, 3.8) is 0 Å². The molecule has 0 aliphatic rings. The van der Waals surface area contributed by atoms with Crippen LogP contribution in [0, 0.1) is 0 Å². The average molecular weight is 224 g/mol. The van der Waals surface area contributed by atoms with E-state index in [0.717, 1.165) is 0 Å². The zero-order chi connectivity index (χ0) is 9.19. The average Bonchev–Trinajstić information content (AvgIpc) is 2.03. The zero-order valence-electron chi connectivity index (χ0n) is 7.68. The Bertz CT molecular complexity index is 296. The van der Waals surface area contributed by atoms with Gasteiger partial charge in [0.15, 0.2) is 0 Å². The summed E-state index contributed by atoms with van der Waals surface area (Å²) in [6.07, 6.45) is 0. The molecule has 5 heteroatoms. The topological polar surface area (TPSA) is 60.4 Å². The van der Waals surface area contributed by atoms with Gasteiger partial charge in [-0.05, 0) is 5.56 Å². The Morgan fingerprint density at radius 1 is 1.38 bits per heavy atom. The second kappa shape index (κ2) is 5.78. The van der Waals surface area contributed by atoms with Gasteiger partial charge in [0.25, 0.3) is 0 Å². The van der Waals surface area contributed by atoms with E-state index in [4.69, 9.17) is 4.89 Å². The molecule has 0 amide bonds. The molecule has 0 aromatic heterocycles. The van der Waals surface area contributed by atoms with Gasteiger partial charge in [-0.1, -0.05) is 37.3 Å². The van der Waals surface area contributed by atoms with E-state index in [-0.39, 0.29) is 51.4 Å². The Hall–Kier alpha value is 1.01. The molecule has 0 aliphatic heterocycles. The third kappa shape index (κ3) is 4.36. The summed E-state index contributed by atoms with van der Waals surface area (Å²) in [6.45, 7) is 1.46. The van der Waals surface area contributed by atoms with E-state index in [9.17, 15) is 9.46 Å². The van der Waals surface area contributed by atoms with Crippen molar-refractivity contribution >= 4 is 7.60 Å². The molecule has 0 heterocycles. The van der Waals surface area contributed by atoms with Crippen molar-refractivity contribution in [3.8, 4) is 0 Å². The minimum atomic E-state index is -4.23. The summed E-state index contributed by atoms with van der Waals surface area (Å²) in [4.78, 5) is 19.5. The Balaban J connectivity index is 0.00000144. The molecular weight excluding hydrogens is 214 g/mol. The molecule has 66 valence electrons. The molecule has 2 atom stereocenters. The van der Waals surface area contributed by atoms with Gasteiger partial charge in [-0.3, -0.25) is 0 Å². The molecule has 0 radical (unpaired) electrons. The monoisotopic (exact) mass is 224 g/mol. The molecule has 0 aliphatic carbocycles. The zero-order valence-corrected chi connectivity index (χ0v) is 11.7. The van der Waals surface area contributed by atoms with Gasteiger partial charge in [0.1, 0.15) is 7.60 Å². The molecule has 0 bridgehead atoms. The molecule has 0 fully saturated rings. The van der Waals surface area contributed by atoms with Crippen LogP contribution in [-0.4, -0.2) is 4.89 Å². The Labute approximate surface area is 120 Å². The molecular formula is C8H10KO3P. The maximum atomic E-state index is 10.7. The van der Waals surface area contributed by atoms with E-state index in [0.29, 0.717) is 5.56 Å². The Morgan fingerprint density at radius 3 is 2.23 bits per heavy atom. The standard InChI is InChI=1S/C8H11O3P.K/c1-7(12(9,10)11)8-5-3-2-4-6-8;/h2-7H,1H3,(H2,9,10,11);/q;+1/p-1. The van der Waals surface area contributed by atoms with Crippen LogP contribution in [0.4, 0.5) is 0 Å². The van der Waals surface area contributed by atoms with Gasteiger partial charge in [0, 0.05) is 5.66 Å². The smallest absolute Gasteiger partial charge is 0.778 e. The van der Waals surface area contributed by atoms with Crippen LogP contribution in [0.3, 0.4) is 0 Å². The molecule has 0 saturated heterocycles. The minimum Gasteiger partial charge on any atom is -0.778 e. The van der Waals surface area contributed by atoms with Gasteiger partial charge in [0.05, 0.1) is 0 Å². The first-order valence-electron chi connectivity index (χ1n) is 3.60. The summed E-state index contributed by atoms with van der Waals surface area (Å²) in [6, 6.07) is 8.61. The van der Waals surface area contributed by atoms with Crippen molar-refractivity contribution in [2.75, 3.05) is 0 Å². The van der Waals surface area contributed by atoms with E-state index in [1.807, 2.05) is 0 Å². The largest absolute Gasteiger partial charge is 1.00 e. The predicted molar refractivity (Wildman–Crippen MR) is 44.7 cm³/mol. The third-order valence-corrected chi connectivity index (χ3v) is 3.05. The third-order valence-electron chi connectivity index (χ3n) is 1.77. The Kier molecular flexibility index (Phi) is 6.23. The van der Waals surface area contributed by atoms with Gasteiger partial charge in [-0.2, -0.15) is 0 Å². The number of rotatable bonds is 2. The summed E-state index contributed by atoms with van der Waals surface area (Å²) in [7, 11) is -4.23. The fraction of sp³-hybridized carbons (Fsp3) is 0.250. The van der Waals surface area contributed by atoms with Crippen molar-refractivity contribution in [1.82, 2.24) is 0 Å². The summed E-state index contributed by atoms with van der Waals surface area (Å²) in [5, 5.41) is 0. The fourth-order valence-corrected chi connectivity index (χ4v) is 1.47. The van der Waals surface area contributed by atoms with Crippen LogP contribution in [-0.2, 0) is 4.57 Å². The first-order valence-corrected chi connectivity index (χ1v) is 5.25. The van der Waals surface area contributed by atoms with Crippen LogP contribution < -0.4 is 56.3 Å². The summed E-state index contributed by atoms with van der Waals surface area (Å²) >= 11 is 0. The second-order valence-electron chi connectivity index (χ2n) is 2.65. The van der Waals surface area contributed by atoms with E-state index < -0.39 is 13.3 Å². The van der Waals surface area contributed by atoms with E-state index in [2.05, 4.69) is 0 Å². The van der Waals surface area contributed by atoms with Crippen molar-refractivity contribution in [1.29, 1.82) is 0 Å². The molecule has 1 aromatic carbocycles. The van der Waals surface area contributed by atoms with E-state index >= 15 is 0 Å². The molecule has 1 N–H and O–H groups in total. The van der Waals surface area contributed by atoms with Gasteiger partial charge < -0.3 is 14.4 Å². The van der Waals surface area contributed by atoms with Crippen molar-refractivity contribution in [2.45, 2.75) is 12.6 Å². The Morgan fingerprint density at radius 2 is 1.85 bits per heavy atom. The first kappa shape index (κ1) is 14.0. The summed E-state index contributed by atoms with van der Waals surface area (Å²) in [5.41, 5.74) is -0.211. The summed E-state index contributed by atoms with van der Waals surface area (Å²) < 4.78 is 10.7. The molecule has 2 unspecified atom stereocenters. The van der Waals surface area contributed by atoms with Crippen LogP contribution in [0.15, 0.2) is 30.3 Å². The quantitative estimate of drug-likeness (QED) is 0.481. The van der Waals surface area contributed by atoms with Crippen LogP contribution >= 0.6 is 7.60 Å². The maximum absolute atomic E-state index is 10.7. The normalized spacial score (nSPS) is 16.8. The van der Waals surface area contributed by atoms with Gasteiger partial charge in [0.2, 0.25) is 0 Å². The second-order valence-corrected chi connectivity index (χ2v) is 4.55. The predicted octanol–water partition coefficient (Wildman–Crippen LogP) is -1.70. The van der Waals surface area contributed by atoms with Crippen LogP contribution in [0.25, 0.3) is 0 Å². The van der Waals surface area contributed by atoms with Crippen molar-refractivity contribution in [2.24, 2.45) is 0 Å². The van der Waals surface area contributed by atoms with Crippen LogP contribution in [0.1, 0.15) is 18.1 Å². The SMILES string of the molecule is CC(c1ccccc1)P(=O)([O-])O.[K+]. The van der Waals surface area contributed by atoms with Gasteiger partial charge in [-0.15, -0.1) is 0 Å². The fourth-order valence-electron chi connectivity index (χ4n) is 0.920. The maximum Gasteiger partial charge on any atom is 1.00 e. The molecule has 0 spiro atoms. The number of hydrogen-bond donors (Lipinski definition) is 1. The van der Waals surface area contributed by atoms with Crippen molar-refractivity contribution < 1.29 is 65.7 Å². The molecule has 1 rings (SSSR count). The number of benzene rings is 1.